The van der Waals surface area contributed by atoms with Crippen LogP contribution in [0, 0.1) is 13.8 Å². The van der Waals surface area contributed by atoms with Crippen LogP contribution in [0.5, 0.6) is 11.5 Å². The van der Waals surface area contributed by atoms with Gasteiger partial charge in [-0.2, -0.15) is 9.55 Å². The second kappa shape index (κ2) is 6.73. The van der Waals surface area contributed by atoms with E-state index < -0.39 is 50.5 Å². The number of hydrogen-bond donors (Lipinski definition) is 4. The van der Waals surface area contributed by atoms with Crippen molar-refractivity contribution in [3.05, 3.63) is 32.0 Å². The number of aliphatic hydroxyl groups excluding tert-OH is 4. The van der Waals surface area contributed by atoms with E-state index in [1.165, 1.54) is 4.57 Å². The fraction of sp³-hybridized carbons (Fsp3) is 0.412. The molecule has 0 aliphatic carbocycles. The van der Waals surface area contributed by atoms with Crippen molar-refractivity contribution in [3.63, 3.8) is 0 Å². The highest BCUT2D eigenvalue weighted by Crippen LogP contribution is 2.57. The summed E-state index contributed by atoms with van der Waals surface area (Å²) in [4.78, 5) is 33.5. The number of nitrogens with zero attached hydrogens (tertiary/aromatic N) is 4. The molecule has 1 aromatic carbocycles. The van der Waals surface area contributed by atoms with E-state index in [0.717, 1.165) is 0 Å². The van der Waals surface area contributed by atoms with Crippen molar-refractivity contribution in [3.8, 4) is 23.0 Å². The lowest BCUT2D eigenvalue weighted by atomic mass is 10.0. The van der Waals surface area contributed by atoms with E-state index in [2.05, 4.69) is 9.97 Å². The van der Waals surface area contributed by atoms with Crippen LogP contribution in [0.25, 0.3) is 22.6 Å². The monoisotopic (exact) mass is 468 g/mol. The van der Waals surface area contributed by atoms with Gasteiger partial charge in [-0.1, -0.05) is 4.73 Å². The average molecular weight is 468 g/mol. The third kappa shape index (κ3) is 2.71. The summed E-state index contributed by atoms with van der Waals surface area (Å²) in [5, 5.41) is 39.4. The maximum atomic E-state index is 13.3. The molecule has 5 heterocycles. The van der Waals surface area contributed by atoms with E-state index in [4.69, 9.17) is 18.8 Å². The lowest BCUT2D eigenvalue weighted by Gasteiger charge is -2.26. The van der Waals surface area contributed by atoms with E-state index in [0.29, 0.717) is 11.1 Å². The van der Waals surface area contributed by atoms with Gasteiger partial charge in [0.15, 0.2) is 23.0 Å². The number of benzene rings is 1. The van der Waals surface area contributed by atoms with Crippen LogP contribution in [-0.4, -0.2) is 64.6 Å². The fourth-order valence-corrected chi connectivity index (χ4v) is 5.09. The lowest BCUT2D eigenvalue weighted by Crippen LogP contribution is -2.44. The van der Waals surface area contributed by atoms with Crippen LogP contribution in [0.1, 0.15) is 11.1 Å². The minimum atomic E-state index is -4.58. The molecule has 6 bridgehead atoms. The normalized spacial score (nSPS) is 21.3. The van der Waals surface area contributed by atoms with Crippen LogP contribution in [0.3, 0.4) is 0 Å². The Bertz CT molecular complexity index is 1430. The molecule has 1 aromatic rings. The quantitative estimate of drug-likeness (QED) is 0.240. The van der Waals surface area contributed by atoms with Crippen molar-refractivity contribution in [2.45, 2.75) is 38.7 Å². The molecule has 15 heteroatoms. The first kappa shape index (κ1) is 20.8. The summed E-state index contributed by atoms with van der Waals surface area (Å²) in [7, 11) is -4.58. The first-order chi connectivity index (χ1) is 15.1. The molecule has 0 aromatic heterocycles. The van der Waals surface area contributed by atoms with Crippen LogP contribution in [0.15, 0.2) is 9.59 Å². The van der Waals surface area contributed by atoms with E-state index in [1.54, 1.807) is 13.8 Å². The minimum absolute atomic E-state index is 0.00868. The molecule has 0 spiro atoms. The zero-order chi connectivity index (χ0) is 23.1. The van der Waals surface area contributed by atoms with Crippen molar-refractivity contribution in [1.82, 2.24) is 19.3 Å². The number of phosphoric acid groups is 1. The molecule has 14 nitrogen and oxygen atoms in total. The second-order valence-electron chi connectivity index (χ2n) is 7.51. The molecular formula is C17H17N4O10P. The summed E-state index contributed by atoms with van der Waals surface area (Å²) in [6.45, 7) is 1.97. The summed E-state index contributed by atoms with van der Waals surface area (Å²) in [5.74, 6) is -0.293. The standard InChI is InChI=1S/C17H17N4O10P/c1-5-6(2)14-11-9-13(5)29-32(28,30-14)31-21-16(26)10(18-9)15(19-17(21)27)20(11)3-7(23)12(25)8(24)4-22/h7-8,12,22-25H,3-4H2,1-2H3. The Morgan fingerprint density at radius 2 is 1.69 bits per heavy atom. The highest BCUT2D eigenvalue weighted by Gasteiger charge is 2.45. The molecule has 4 N–H and O–H groups in total. The van der Waals surface area contributed by atoms with Crippen molar-refractivity contribution in [2.75, 3.05) is 6.61 Å². The predicted octanol–water partition coefficient (Wildman–Crippen LogP) is -1.93. The Labute approximate surface area is 177 Å². The molecule has 0 amide bonds. The van der Waals surface area contributed by atoms with Crippen LogP contribution >= 0.6 is 7.82 Å². The van der Waals surface area contributed by atoms with Gasteiger partial charge in [0.25, 0.3) is 0 Å². The van der Waals surface area contributed by atoms with Crippen LogP contribution < -0.4 is 24.9 Å². The van der Waals surface area contributed by atoms with Crippen LogP contribution in [0.4, 0.5) is 0 Å². The zero-order valence-electron chi connectivity index (χ0n) is 16.6. The molecule has 4 atom stereocenters. The average Bonchev–Trinajstić information content (AvgIpc) is 2.93. The maximum absolute atomic E-state index is 13.3. The third-order valence-electron chi connectivity index (χ3n) is 5.55. The Morgan fingerprint density at radius 3 is 2.38 bits per heavy atom. The number of rotatable bonds is 5. The van der Waals surface area contributed by atoms with E-state index in [9.17, 15) is 29.5 Å². The summed E-state index contributed by atoms with van der Waals surface area (Å²) in [5.41, 5.74) is -1.58. The van der Waals surface area contributed by atoms with Gasteiger partial charge in [0.1, 0.15) is 29.3 Å². The largest absolute Gasteiger partial charge is 0.667 e. The van der Waals surface area contributed by atoms with Gasteiger partial charge in [-0.25, -0.2) is 9.78 Å². The Kier molecular flexibility index (Phi) is 4.39. The molecule has 170 valence electrons. The SMILES string of the molecule is Cc1c(C)c2c3c4nc5c(=O)n(c(=O)nc-5n3CC(O)C(O)C(O)CO)OP(=O)(Oc14)O2. The van der Waals surface area contributed by atoms with Gasteiger partial charge in [0.05, 0.1) is 13.2 Å². The van der Waals surface area contributed by atoms with Gasteiger partial charge in [0.2, 0.25) is 0 Å². The smallest absolute Gasteiger partial charge is 0.394 e. The van der Waals surface area contributed by atoms with Crippen molar-refractivity contribution >= 4 is 18.9 Å². The maximum Gasteiger partial charge on any atom is 0.667 e. The number of aliphatic hydroxyl groups is 4. The summed E-state index contributed by atoms with van der Waals surface area (Å²) < 4.78 is 30.7. The van der Waals surface area contributed by atoms with Gasteiger partial charge in [-0.3, -0.25) is 9.42 Å². The molecule has 0 radical (unpaired) electrons. The highest BCUT2D eigenvalue weighted by molar-refractivity contribution is 7.49. The number of aromatic nitrogens is 4. The van der Waals surface area contributed by atoms with Crippen molar-refractivity contribution in [1.29, 1.82) is 0 Å². The van der Waals surface area contributed by atoms with Gasteiger partial charge in [-0.15, -0.1) is 0 Å². The third-order valence-corrected chi connectivity index (χ3v) is 6.73. The zero-order valence-corrected chi connectivity index (χ0v) is 17.5. The molecule has 4 unspecified atom stereocenters. The van der Waals surface area contributed by atoms with Crippen LogP contribution in [0.2, 0.25) is 0 Å². The first-order valence-corrected chi connectivity index (χ1v) is 10.9. The topological polar surface area (TPSA) is 195 Å². The van der Waals surface area contributed by atoms with Gasteiger partial charge < -0.3 is 34.0 Å². The Balaban J connectivity index is 1.93. The Morgan fingerprint density at radius 1 is 1.03 bits per heavy atom. The lowest BCUT2D eigenvalue weighted by molar-refractivity contribution is -0.0802. The van der Waals surface area contributed by atoms with Gasteiger partial charge in [-0.05, 0) is 13.8 Å². The first-order valence-electron chi connectivity index (χ1n) is 9.41. The summed E-state index contributed by atoms with van der Waals surface area (Å²) in [6, 6.07) is 0. The molecular weight excluding hydrogens is 451 g/mol. The molecule has 32 heavy (non-hydrogen) atoms. The fourth-order valence-electron chi connectivity index (χ4n) is 3.74. The van der Waals surface area contributed by atoms with Gasteiger partial charge >= 0.3 is 19.1 Å². The summed E-state index contributed by atoms with van der Waals surface area (Å²) in [6.07, 6.45) is -5.12. The van der Waals surface area contributed by atoms with Crippen molar-refractivity contribution < 1.29 is 38.7 Å². The Hall–Kier alpha value is -3.03. The summed E-state index contributed by atoms with van der Waals surface area (Å²) >= 11 is 0. The van der Waals surface area contributed by atoms with Gasteiger partial charge in [0, 0.05) is 11.1 Å². The highest BCUT2D eigenvalue weighted by atomic mass is 31.2. The van der Waals surface area contributed by atoms with E-state index >= 15 is 0 Å². The molecule has 6 rings (SSSR count). The molecule has 0 saturated carbocycles. The minimum Gasteiger partial charge on any atom is -0.394 e. The molecule has 5 aliphatic rings. The van der Waals surface area contributed by atoms with Crippen LogP contribution in [-0.2, 0) is 11.1 Å². The van der Waals surface area contributed by atoms with E-state index in [1.807, 2.05) is 0 Å². The molecule has 0 saturated heterocycles. The number of phosphoric ester groups is 1. The molecule has 5 aliphatic heterocycles. The predicted molar refractivity (Wildman–Crippen MR) is 105 cm³/mol. The number of hydrogen-bond acceptors (Lipinski definition) is 12. The van der Waals surface area contributed by atoms with Crippen molar-refractivity contribution in [2.24, 2.45) is 0 Å². The molecule has 0 fully saturated rings. The second-order valence-corrected chi connectivity index (χ2v) is 8.94. The number of fused-ring (bicyclic) bond motifs is 2. The van der Waals surface area contributed by atoms with E-state index in [-0.39, 0.29) is 38.8 Å².